The number of ether oxygens (including phenoxy) is 2. The van der Waals surface area contributed by atoms with Crippen molar-refractivity contribution in [3.8, 4) is 11.5 Å². The van der Waals surface area contributed by atoms with Crippen molar-refractivity contribution >= 4 is 22.9 Å². The van der Waals surface area contributed by atoms with Gasteiger partial charge in [-0.3, -0.25) is 4.79 Å². The molecule has 0 saturated carbocycles. The maximum atomic E-state index is 11.9. The second kappa shape index (κ2) is 9.20. The van der Waals surface area contributed by atoms with Crippen molar-refractivity contribution in [3.05, 3.63) is 84.9 Å². The average Bonchev–Trinajstić information content (AvgIpc) is 2.71. The Labute approximate surface area is 157 Å². The highest BCUT2D eigenvalue weighted by molar-refractivity contribution is 5.84. The highest BCUT2D eigenvalue weighted by atomic mass is 16.5. The Kier molecular flexibility index (Phi) is 6.20. The van der Waals surface area contributed by atoms with E-state index in [1.807, 2.05) is 66.7 Å². The van der Waals surface area contributed by atoms with Gasteiger partial charge in [0, 0.05) is 0 Å². The predicted octanol–water partition coefficient (Wildman–Crippen LogP) is 3.93. The molecule has 27 heavy (non-hydrogen) atoms. The summed E-state index contributed by atoms with van der Waals surface area (Å²) in [6, 6.07) is 21.0. The zero-order chi connectivity index (χ0) is 18.9. The fourth-order valence-corrected chi connectivity index (χ4v) is 2.42. The van der Waals surface area contributed by atoms with E-state index in [0.717, 1.165) is 22.1 Å². The van der Waals surface area contributed by atoms with Crippen LogP contribution in [0.3, 0.4) is 0 Å². The summed E-state index contributed by atoms with van der Waals surface area (Å²) in [6.45, 7) is 3.95. The molecule has 1 amide bonds. The van der Waals surface area contributed by atoms with E-state index >= 15 is 0 Å². The third kappa shape index (κ3) is 5.44. The Morgan fingerprint density at radius 2 is 1.70 bits per heavy atom. The third-order valence-corrected chi connectivity index (χ3v) is 3.74. The molecule has 5 heteroatoms. The summed E-state index contributed by atoms with van der Waals surface area (Å²) in [7, 11) is 0. The van der Waals surface area contributed by atoms with Gasteiger partial charge in [-0.05, 0) is 52.7 Å². The molecule has 0 heterocycles. The first-order valence-electron chi connectivity index (χ1n) is 8.52. The molecule has 0 aliphatic heterocycles. The molecule has 1 N–H and O–H groups in total. The Morgan fingerprint density at radius 3 is 2.48 bits per heavy atom. The van der Waals surface area contributed by atoms with Gasteiger partial charge in [-0.25, -0.2) is 5.43 Å². The molecule has 0 radical (unpaired) electrons. The van der Waals surface area contributed by atoms with Crippen LogP contribution >= 0.6 is 0 Å². The van der Waals surface area contributed by atoms with Gasteiger partial charge < -0.3 is 9.47 Å². The maximum Gasteiger partial charge on any atom is 0.277 e. The molecule has 136 valence electrons. The Balaban J connectivity index is 1.47. The predicted molar refractivity (Wildman–Crippen MR) is 107 cm³/mol. The summed E-state index contributed by atoms with van der Waals surface area (Å²) in [5, 5.41) is 6.12. The number of benzene rings is 3. The van der Waals surface area contributed by atoms with E-state index in [4.69, 9.17) is 9.47 Å². The molecule has 0 bridgehead atoms. The fourth-order valence-electron chi connectivity index (χ4n) is 2.42. The van der Waals surface area contributed by atoms with Gasteiger partial charge >= 0.3 is 0 Å². The number of nitrogens with one attached hydrogen (secondary N) is 1. The number of carbonyl (C=O) groups is 1. The first kappa shape index (κ1) is 18.2. The molecule has 0 unspecified atom stereocenters. The fraction of sp³-hybridized carbons (Fsp3) is 0.0909. The van der Waals surface area contributed by atoms with Gasteiger partial charge in [0.25, 0.3) is 5.91 Å². The Hall–Kier alpha value is -3.60. The molecule has 0 spiro atoms. The van der Waals surface area contributed by atoms with Gasteiger partial charge in [0.05, 0.1) is 6.21 Å². The molecule has 3 aromatic rings. The van der Waals surface area contributed by atoms with Crippen LogP contribution in [0.1, 0.15) is 5.56 Å². The molecule has 0 saturated heterocycles. The summed E-state index contributed by atoms with van der Waals surface area (Å²) in [6.07, 6.45) is 3.25. The van der Waals surface area contributed by atoms with Crippen LogP contribution in [0.2, 0.25) is 0 Å². The Morgan fingerprint density at radius 1 is 0.963 bits per heavy atom. The summed E-state index contributed by atoms with van der Waals surface area (Å²) in [4.78, 5) is 11.9. The van der Waals surface area contributed by atoms with E-state index < -0.39 is 0 Å². The molecule has 5 nitrogen and oxygen atoms in total. The summed E-state index contributed by atoms with van der Waals surface area (Å²) in [5.41, 5.74) is 3.29. The monoisotopic (exact) mass is 360 g/mol. The molecule has 3 rings (SSSR count). The van der Waals surface area contributed by atoms with Crippen molar-refractivity contribution in [1.29, 1.82) is 0 Å². The number of rotatable bonds is 8. The molecule has 0 aliphatic carbocycles. The SMILES string of the molecule is C=CCOc1ccc(/C=N/NC(=O)COc2ccc3ccccc3c2)cc1. The number of hydrazone groups is 1. The smallest absolute Gasteiger partial charge is 0.277 e. The van der Waals surface area contributed by atoms with Crippen LogP contribution in [0.15, 0.2) is 84.5 Å². The summed E-state index contributed by atoms with van der Waals surface area (Å²) >= 11 is 0. The van der Waals surface area contributed by atoms with Gasteiger partial charge in [0.15, 0.2) is 6.61 Å². The van der Waals surface area contributed by atoms with Crippen molar-refractivity contribution in [2.75, 3.05) is 13.2 Å². The quantitative estimate of drug-likeness (QED) is 0.376. The van der Waals surface area contributed by atoms with Crippen LogP contribution in [0.4, 0.5) is 0 Å². The van der Waals surface area contributed by atoms with Crippen molar-refractivity contribution in [3.63, 3.8) is 0 Å². The van der Waals surface area contributed by atoms with Crippen molar-refractivity contribution in [2.24, 2.45) is 5.10 Å². The van der Waals surface area contributed by atoms with E-state index in [2.05, 4.69) is 17.1 Å². The van der Waals surface area contributed by atoms with Gasteiger partial charge in [-0.2, -0.15) is 5.10 Å². The lowest BCUT2D eigenvalue weighted by Crippen LogP contribution is -2.24. The number of nitrogens with zero attached hydrogens (tertiary/aromatic N) is 1. The minimum atomic E-state index is -0.328. The summed E-state index contributed by atoms with van der Waals surface area (Å²) in [5.74, 6) is 1.06. The second-order valence-corrected chi connectivity index (χ2v) is 5.76. The summed E-state index contributed by atoms with van der Waals surface area (Å²) < 4.78 is 10.9. The van der Waals surface area contributed by atoms with Crippen molar-refractivity contribution in [2.45, 2.75) is 0 Å². The van der Waals surface area contributed by atoms with E-state index in [1.54, 1.807) is 12.3 Å². The van der Waals surface area contributed by atoms with E-state index in [9.17, 15) is 4.79 Å². The molecule has 0 aliphatic rings. The van der Waals surface area contributed by atoms with Crippen LogP contribution in [-0.2, 0) is 4.79 Å². The van der Waals surface area contributed by atoms with Gasteiger partial charge in [-0.1, -0.05) is 43.0 Å². The molecule has 0 fully saturated rings. The highest BCUT2D eigenvalue weighted by Gasteiger charge is 2.02. The van der Waals surface area contributed by atoms with E-state index in [-0.39, 0.29) is 12.5 Å². The molecule has 0 atom stereocenters. The number of amides is 1. The number of hydrogen-bond donors (Lipinski definition) is 1. The minimum absolute atomic E-state index is 0.107. The van der Waals surface area contributed by atoms with Crippen LogP contribution in [0.25, 0.3) is 10.8 Å². The third-order valence-electron chi connectivity index (χ3n) is 3.74. The lowest BCUT2D eigenvalue weighted by molar-refractivity contribution is -0.123. The molecular formula is C22H20N2O3. The number of hydrogen-bond acceptors (Lipinski definition) is 4. The second-order valence-electron chi connectivity index (χ2n) is 5.76. The zero-order valence-electron chi connectivity index (χ0n) is 14.8. The highest BCUT2D eigenvalue weighted by Crippen LogP contribution is 2.20. The normalized spacial score (nSPS) is 10.7. The van der Waals surface area contributed by atoms with Crippen molar-refractivity contribution in [1.82, 2.24) is 5.43 Å². The van der Waals surface area contributed by atoms with Crippen LogP contribution in [0.5, 0.6) is 11.5 Å². The first-order valence-corrected chi connectivity index (χ1v) is 8.52. The molecular weight excluding hydrogens is 340 g/mol. The minimum Gasteiger partial charge on any atom is -0.490 e. The van der Waals surface area contributed by atoms with E-state index in [1.165, 1.54) is 0 Å². The standard InChI is InChI=1S/C22H20N2O3/c1-2-13-26-20-10-7-17(8-11-20)15-23-24-22(25)16-27-21-12-9-18-5-3-4-6-19(18)14-21/h2-12,14-15H,1,13,16H2,(H,24,25)/b23-15+. The van der Waals surface area contributed by atoms with Crippen molar-refractivity contribution < 1.29 is 14.3 Å². The first-order chi connectivity index (χ1) is 13.2. The molecule has 0 aromatic heterocycles. The molecule has 3 aromatic carbocycles. The Bertz CT molecular complexity index is 949. The van der Waals surface area contributed by atoms with Gasteiger partial charge in [0.2, 0.25) is 0 Å². The van der Waals surface area contributed by atoms with Crippen LogP contribution < -0.4 is 14.9 Å². The number of fused-ring (bicyclic) bond motifs is 1. The van der Waals surface area contributed by atoms with Gasteiger partial charge in [-0.15, -0.1) is 0 Å². The largest absolute Gasteiger partial charge is 0.490 e. The maximum absolute atomic E-state index is 11.9. The van der Waals surface area contributed by atoms with Crippen LogP contribution in [-0.4, -0.2) is 25.3 Å². The van der Waals surface area contributed by atoms with Gasteiger partial charge in [0.1, 0.15) is 18.1 Å². The van der Waals surface area contributed by atoms with E-state index in [0.29, 0.717) is 12.4 Å². The van der Waals surface area contributed by atoms with Crippen LogP contribution in [0, 0.1) is 0 Å². The average molecular weight is 360 g/mol. The lowest BCUT2D eigenvalue weighted by Gasteiger charge is -2.06. The number of carbonyl (C=O) groups excluding carboxylic acids is 1. The lowest BCUT2D eigenvalue weighted by atomic mass is 10.1. The zero-order valence-corrected chi connectivity index (χ0v) is 14.8. The topological polar surface area (TPSA) is 59.9 Å².